The average Bonchev–Trinajstić information content (AvgIpc) is 2.20. The Morgan fingerprint density at radius 1 is 1.60 bits per heavy atom. The van der Waals surface area contributed by atoms with Gasteiger partial charge >= 0.3 is 5.69 Å². The summed E-state index contributed by atoms with van der Waals surface area (Å²) in [6.45, 7) is 0.431. The van der Waals surface area contributed by atoms with Crippen LogP contribution in [-0.4, -0.2) is 18.6 Å². The van der Waals surface area contributed by atoms with Crippen LogP contribution in [0.25, 0.3) is 0 Å². The van der Waals surface area contributed by atoms with Crippen LogP contribution < -0.4 is 10.5 Å². The van der Waals surface area contributed by atoms with Gasteiger partial charge in [-0.15, -0.1) is 0 Å². The zero-order chi connectivity index (χ0) is 11.4. The maximum absolute atomic E-state index is 10.6. The molecule has 1 aromatic rings. The fourth-order valence-electron chi connectivity index (χ4n) is 1.24. The van der Waals surface area contributed by atoms with E-state index < -0.39 is 4.92 Å². The van der Waals surface area contributed by atoms with Crippen molar-refractivity contribution < 1.29 is 9.66 Å². The van der Waals surface area contributed by atoms with Gasteiger partial charge in [0.25, 0.3) is 0 Å². The second-order valence-electron chi connectivity index (χ2n) is 2.91. The lowest BCUT2D eigenvalue weighted by molar-refractivity contribution is -0.385. The van der Waals surface area contributed by atoms with Crippen molar-refractivity contribution in [2.75, 3.05) is 13.7 Å². The summed E-state index contributed by atoms with van der Waals surface area (Å²) in [5, 5.41) is 11.0. The van der Waals surface area contributed by atoms with E-state index >= 15 is 0 Å². The standard InChI is InChI=1S/C9H11ClN2O3/c1-15-9-4-6(2-3-11)7(10)5-8(9)12(13)14/h4-5H,2-3,11H2,1H3. The van der Waals surface area contributed by atoms with Gasteiger partial charge in [0.2, 0.25) is 0 Å². The molecule has 0 heterocycles. The minimum Gasteiger partial charge on any atom is -0.490 e. The van der Waals surface area contributed by atoms with Crippen LogP contribution in [0.15, 0.2) is 12.1 Å². The fraction of sp³-hybridized carbons (Fsp3) is 0.333. The lowest BCUT2D eigenvalue weighted by Crippen LogP contribution is -2.04. The Morgan fingerprint density at radius 2 is 2.27 bits per heavy atom. The molecule has 0 spiro atoms. The Hall–Kier alpha value is -1.33. The molecule has 0 saturated heterocycles. The smallest absolute Gasteiger partial charge is 0.312 e. The first kappa shape index (κ1) is 11.7. The van der Waals surface area contributed by atoms with Gasteiger partial charge in [0.15, 0.2) is 5.75 Å². The largest absolute Gasteiger partial charge is 0.490 e. The number of ether oxygens (including phenoxy) is 1. The highest BCUT2D eigenvalue weighted by atomic mass is 35.5. The van der Waals surface area contributed by atoms with Gasteiger partial charge in [0, 0.05) is 6.07 Å². The van der Waals surface area contributed by atoms with Gasteiger partial charge in [-0.05, 0) is 24.6 Å². The average molecular weight is 231 g/mol. The van der Waals surface area contributed by atoms with Crippen molar-refractivity contribution in [1.29, 1.82) is 0 Å². The van der Waals surface area contributed by atoms with Crippen molar-refractivity contribution in [3.05, 3.63) is 32.8 Å². The molecule has 0 aliphatic carbocycles. The predicted molar refractivity (Wildman–Crippen MR) is 57.4 cm³/mol. The predicted octanol–water partition coefficient (Wildman–Crippen LogP) is 1.76. The van der Waals surface area contributed by atoms with Crippen molar-refractivity contribution in [2.45, 2.75) is 6.42 Å². The highest BCUT2D eigenvalue weighted by molar-refractivity contribution is 6.31. The van der Waals surface area contributed by atoms with Crippen LogP contribution in [0, 0.1) is 10.1 Å². The van der Waals surface area contributed by atoms with Crippen molar-refractivity contribution >= 4 is 17.3 Å². The number of halogens is 1. The van der Waals surface area contributed by atoms with E-state index in [1.165, 1.54) is 13.2 Å². The molecule has 0 unspecified atom stereocenters. The Morgan fingerprint density at radius 3 is 2.73 bits per heavy atom. The molecule has 0 aliphatic heterocycles. The molecule has 1 aromatic carbocycles. The Kier molecular flexibility index (Phi) is 3.88. The summed E-state index contributed by atoms with van der Waals surface area (Å²) in [5.74, 6) is 0.202. The molecule has 5 nitrogen and oxygen atoms in total. The summed E-state index contributed by atoms with van der Waals surface area (Å²) >= 11 is 5.87. The normalized spacial score (nSPS) is 10.1. The first-order valence-corrected chi connectivity index (χ1v) is 4.68. The van der Waals surface area contributed by atoms with E-state index in [-0.39, 0.29) is 11.4 Å². The molecule has 0 bridgehead atoms. The topological polar surface area (TPSA) is 78.4 Å². The molecule has 0 fully saturated rings. The van der Waals surface area contributed by atoms with Gasteiger partial charge in [-0.2, -0.15) is 0 Å². The maximum atomic E-state index is 10.6. The third kappa shape index (κ3) is 2.57. The number of hydrogen-bond acceptors (Lipinski definition) is 4. The van der Waals surface area contributed by atoms with E-state index in [1.807, 2.05) is 0 Å². The summed E-state index contributed by atoms with van der Waals surface area (Å²) in [7, 11) is 1.38. The highest BCUT2D eigenvalue weighted by Gasteiger charge is 2.17. The van der Waals surface area contributed by atoms with Crippen molar-refractivity contribution in [3.8, 4) is 5.75 Å². The molecule has 0 aliphatic rings. The second-order valence-corrected chi connectivity index (χ2v) is 3.32. The summed E-state index contributed by atoms with van der Waals surface area (Å²) in [4.78, 5) is 10.1. The van der Waals surface area contributed by atoms with Gasteiger partial charge in [-0.1, -0.05) is 11.6 Å². The number of hydrogen-bond donors (Lipinski definition) is 1. The van der Waals surface area contributed by atoms with Crippen LogP contribution >= 0.6 is 11.6 Å². The summed E-state index contributed by atoms with van der Waals surface area (Å²) in [5.41, 5.74) is 6.00. The number of nitrogens with two attached hydrogens (primary N) is 1. The fourth-order valence-corrected chi connectivity index (χ4v) is 1.49. The van der Waals surface area contributed by atoms with Gasteiger partial charge in [-0.3, -0.25) is 10.1 Å². The number of benzene rings is 1. The monoisotopic (exact) mass is 230 g/mol. The maximum Gasteiger partial charge on any atom is 0.312 e. The second kappa shape index (κ2) is 4.95. The molecule has 0 atom stereocenters. The van der Waals surface area contributed by atoms with Crippen LogP contribution in [0.1, 0.15) is 5.56 Å². The molecule has 15 heavy (non-hydrogen) atoms. The van der Waals surface area contributed by atoms with Crippen LogP contribution in [0.4, 0.5) is 5.69 Å². The molecule has 0 amide bonds. The van der Waals surface area contributed by atoms with Crippen molar-refractivity contribution in [2.24, 2.45) is 5.73 Å². The molecule has 6 heteroatoms. The molecule has 0 radical (unpaired) electrons. The van der Waals surface area contributed by atoms with Gasteiger partial charge < -0.3 is 10.5 Å². The van der Waals surface area contributed by atoms with Crippen molar-refractivity contribution in [1.82, 2.24) is 0 Å². The van der Waals surface area contributed by atoms with Crippen LogP contribution in [-0.2, 0) is 6.42 Å². The molecule has 0 aromatic heterocycles. The van der Waals surface area contributed by atoms with E-state index in [0.717, 1.165) is 5.56 Å². The lowest BCUT2D eigenvalue weighted by Gasteiger charge is -2.06. The summed E-state index contributed by atoms with van der Waals surface area (Å²) < 4.78 is 4.91. The number of nitro groups is 1. The number of rotatable bonds is 4. The van der Waals surface area contributed by atoms with E-state index in [1.54, 1.807) is 6.07 Å². The zero-order valence-corrected chi connectivity index (χ0v) is 8.95. The number of nitro benzene ring substituents is 1. The third-order valence-electron chi connectivity index (χ3n) is 1.96. The SMILES string of the molecule is COc1cc(CCN)c(Cl)cc1[N+](=O)[O-]. The molecule has 0 saturated carbocycles. The molecule has 1 rings (SSSR count). The minimum absolute atomic E-state index is 0.136. The molecule has 2 N–H and O–H groups in total. The molecular weight excluding hydrogens is 220 g/mol. The summed E-state index contributed by atoms with van der Waals surface area (Å²) in [6.07, 6.45) is 0.563. The Bertz CT molecular complexity index is 382. The van der Waals surface area contributed by atoms with Crippen LogP contribution in [0.2, 0.25) is 5.02 Å². The number of nitrogens with zero attached hydrogens (tertiary/aromatic N) is 1. The van der Waals surface area contributed by atoms with Gasteiger partial charge in [0.05, 0.1) is 17.1 Å². The van der Waals surface area contributed by atoms with E-state index in [0.29, 0.717) is 18.0 Å². The van der Waals surface area contributed by atoms with E-state index in [2.05, 4.69) is 0 Å². The van der Waals surface area contributed by atoms with Gasteiger partial charge in [-0.25, -0.2) is 0 Å². The first-order valence-electron chi connectivity index (χ1n) is 4.31. The van der Waals surface area contributed by atoms with E-state index in [4.69, 9.17) is 22.1 Å². The van der Waals surface area contributed by atoms with E-state index in [9.17, 15) is 10.1 Å². The van der Waals surface area contributed by atoms with Crippen LogP contribution in [0.3, 0.4) is 0 Å². The zero-order valence-electron chi connectivity index (χ0n) is 8.20. The summed E-state index contributed by atoms with van der Waals surface area (Å²) in [6, 6.07) is 2.83. The Balaban J connectivity index is 3.22. The molecular formula is C9H11ClN2O3. The number of methoxy groups -OCH3 is 1. The lowest BCUT2D eigenvalue weighted by atomic mass is 10.1. The van der Waals surface area contributed by atoms with Crippen molar-refractivity contribution in [3.63, 3.8) is 0 Å². The highest BCUT2D eigenvalue weighted by Crippen LogP contribution is 2.32. The third-order valence-corrected chi connectivity index (χ3v) is 2.31. The van der Waals surface area contributed by atoms with Gasteiger partial charge in [0.1, 0.15) is 0 Å². The quantitative estimate of drug-likeness (QED) is 0.631. The van der Waals surface area contributed by atoms with Crippen LogP contribution in [0.5, 0.6) is 5.75 Å². The Labute approximate surface area is 91.9 Å². The minimum atomic E-state index is -0.531. The molecule has 82 valence electrons. The first-order chi connectivity index (χ1) is 7.10.